The number of hydrogen-bond donors (Lipinski definition) is 2. The molecule has 2 aliphatic rings. The summed E-state index contributed by atoms with van der Waals surface area (Å²) in [6.45, 7) is 4.61. The van der Waals surface area contributed by atoms with E-state index in [1.54, 1.807) is 36.4 Å². The van der Waals surface area contributed by atoms with Crippen molar-refractivity contribution in [3.8, 4) is 23.3 Å². The molecule has 18 heteroatoms. The van der Waals surface area contributed by atoms with Crippen molar-refractivity contribution in [2.45, 2.75) is 44.8 Å². The minimum Gasteiger partial charge on any atom is -0.491 e. The van der Waals surface area contributed by atoms with Crippen LogP contribution in [0, 0.1) is 11.3 Å². The van der Waals surface area contributed by atoms with Gasteiger partial charge < -0.3 is 18.9 Å². The molecule has 0 bridgehead atoms. The number of halogens is 1. The van der Waals surface area contributed by atoms with Crippen LogP contribution >= 0.6 is 11.6 Å². The molecule has 57 heavy (non-hydrogen) atoms. The minimum atomic E-state index is -3.52. The van der Waals surface area contributed by atoms with Crippen molar-refractivity contribution in [3.63, 3.8) is 0 Å². The summed E-state index contributed by atoms with van der Waals surface area (Å²) in [5.41, 5.74) is 2.14. The van der Waals surface area contributed by atoms with Crippen molar-refractivity contribution in [2.24, 2.45) is 0 Å². The van der Waals surface area contributed by atoms with Crippen LogP contribution in [0.3, 0.4) is 0 Å². The fraction of sp³-hybridized carbons (Fsp3) is 0.308. The lowest BCUT2D eigenvalue weighted by molar-refractivity contribution is -0.136. The molecular formula is C39H37ClN6O10S. The van der Waals surface area contributed by atoms with Crippen LogP contribution in [-0.2, 0) is 36.4 Å². The van der Waals surface area contributed by atoms with Gasteiger partial charge in [-0.15, -0.1) is 0 Å². The van der Waals surface area contributed by atoms with Crippen molar-refractivity contribution in [1.29, 1.82) is 5.26 Å². The molecule has 1 saturated heterocycles. The number of nitrogens with zero attached hydrogens (tertiary/aromatic N) is 4. The number of nitriles is 1. The molecule has 2 aliphatic heterocycles. The summed E-state index contributed by atoms with van der Waals surface area (Å²) in [6, 6.07) is 18.1. The zero-order chi connectivity index (χ0) is 40.9. The summed E-state index contributed by atoms with van der Waals surface area (Å²) >= 11 is 6.65. The van der Waals surface area contributed by atoms with Gasteiger partial charge >= 0.3 is 0 Å². The van der Waals surface area contributed by atoms with E-state index in [9.17, 15) is 32.9 Å². The van der Waals surface area contributed by atoms with Crippen molar-refractivity contribution < 1.29 is 46.5 Å². The Morgan fingerprint density at radius 2 is 1.61 bits per heavy atom. The van der Waals surface area contributed by atoms with Crippen molar-refractivity contribution in [1.82, 2.24) is 20.2 Å². The van der Waals surface area contributed by atoms with E-state index in [0.717, 1.165) is 22.3 Å². The summed E-state index contributed by atoms with van der Waals surface area (Å²) in [7, 11) is -3.52. The van der Waals surface area contributed by atoms with Gasteiger partial charge in [0.25, 0.3) is 11.8 Å². The standard InChI is InChI=1S/C39H37ClN6O10S/c1-39(2,24-4-6-27(7-5-24)56-22-26-12-13-42-38(43-26)45-57(3,51)52)25-18-23(21-41)34(31(40)19-25)55-17-15-53-14-16-54-28-8-9-29-30(20-28)37(50)46(36(29)49)32-10-11-33(47)44-35(32)48/h4-9,12-13,18-20,32H,10-11,14-17,22H2,1-3H3,(H,42,43,45)(H,44,47,48). The van der Waals surface area contributed by atoms with Crippen LogP contribution in [0.25, 0.3) is 0 Å². The minimum absolute atomic E-state index is 0.0311. The second-order valence-electron chi connectivity index (χ2n) is 13.6. The molecular weight excluding hydrogens is 780 g/mol. The monoisotopic (exact) mass is 816 g/mol. The number of fused-ring (bicyclic) bond motifs is 1. The molecule has 1 aromatic heterocycles. The molecule has 0 aliphatic carbocycles. The number of aromatic nitrogens is 2. The summed E-state index contributed by atoms with van der Waals surface area (Å²) in [6.07, 6.45) is 2.55. The van der Waals surface area contributed by atoms with Crippen LogP contribution in [0.15, 0.2) is 66.9 Å². The van der Waals surface area contributed by atoms with Crippen molar-refractivity contribution in [3.05, 3.63) is 105 Å². The largest absolute Gasteiger partial charge is 0.491 e. The number of anilines is 1. The first-order valence-corrected chi connectivity index (χ1v) is 19.9. The van der Waals surface area contributed by atoms with Crippen LogP contribution < -0.4 is 24.2 Å². The number of benzene rings is 3. The number of hydrogen-bond acceptors (Lipinski definition) is 13. The highest BCUT2D eigenvalue weighted by molar-refractivity contribution is 7.92. The molecule has 1 atom stereocenters. The number of carbonyl (C=O) groups excluding carboxylic acids is 4. The maximum absolute atomic E-state index is 13.1. The van der Waals surface area contributed by atoms with Crippen LogP contribution in [-0.4, -0.2) is 85.6 Å². The first-order chi connectivity index (χ1) is 27.1. The molecule has 1 fully saturated rings. The number of amides is 4. The predicted octanol–water partition coefficient (Wildman–Crippen LogP) is 4.15. The fourth-order valence-corrected chi connectivity index (χ4v) is 6.93. The van der Waals surface area contributed by atoms with Crippen LogP contribution in [0.4, 0.5) is 5.95 Å². The second kappa shape index (κ2) is 17.0. The Kier molecular flexibility index (Phi) is 12.1. The van der Waals surface area contributed by atoms with Crippen LogP contribution in [0.2, 0.25) is 5.02 Å². The molecule has 4 aromatic rings. The van der Waals surface area contributed by atoms with E-state index in [-0.39, 0.29) is 79.3 Å². The van der Waals surface area contributed by atoms with Gasteiger partial charge in [0.1, 0.15) is 43.4 Å². The van der Waals surface area contributed by atoms with E-state index < -0.39 is 45.1 Å². The molecule has 16 nitrogen and oxygen atoms in total. The number of carbonyl (C=O) groups is 4. The van der Waals surface area contributed by atoms with Gasteiger partial charge in [0.2, 0.25) is 27.8 Å². The number of piperidine rings is 1. The Morgan fingerprint density at radius 1 is 0.912 bits per heavy atom. The Balaban J connectivity index is 0.973. The number of imide groups is 2. The molecule has 3 aromatic carbocycles. The zero-order valence-electron chi connectivity index (χ0n) is 31.0. The van der Waals surface area contributed by atoms with E-state index in [4.69, 9.17) is 30.5 Å². The van der Waals surface area contributed by atoms with Crippen LogP contribution in [0.1, 0.15) is 69.8 Å². The van der Waals surface area contributed by atoms with Gasteiger partial charge in [0, 0.05) is 18.0 Å². The normalized spacial score (nSPS) is 15.5. The quantitative estimate of drug-likeness (QED) is 0.120. The third-order valence-electron chi connectivity index (χ3n) is 9.22. The number of ether oxygens (including phenoxy) is 4. The van der Waals surface area contributed by atoms with Gasteiger partial charge in [-0.2, -0.15) is 5.26 Å². The van der Waals surface area contributed by atoms with Gasteiger partial charge in [-0.05, 0) is 66.1 Å². The topological polar surface area (TPSA) is 216 Å². The lowest BCUT2D eigenvalue weighted by Crippen LogP contribution is -2.54. The van der Waals surface area contributed by atoms with Gasteiger partial charge in [-0.1, -0.05) is 37.6 Å². The Bertz CT molecular complexity index is 2380. The molecule has 2 N–H and O–H groups in total. The van der Waals surface area contributed by atoms with E-state index >= 15 is 0 Å². The summed E-state index contributed by atoms with van der Waals surface area (Å²) in [4.78, 5) is 58.7. The molecule has 296 valence electrons. The average Bonchev–Trinajstić information content (AvgIpc) is 3.41. The Labute approximate surface area is 333 Å². The van der Waals surface area contributed by atoms with Gasteiger partial charge in [0.05, 0.1) is 46.9 Å². The summed E-state index contributed by atoms with van der Waals surface area (Å²) < 4.78 is 48.3. The zero-order valence-corrected chi connectivity index (χ0v) is 32.6. The molecule has 6 rings (SSSR count). The summed E-state index contributed by atoms with van der Waals surface area (Å²) in [5, 5.41) is 12.4. The molecule has 1 unspecified atom stereocenters. The predicted molar refractivity (Wildman–Crippen MR) is 204 cm³/mol. The third kappa shape index (κ3) is 9.48. The van der Waals surface area contributed by atoms with Crippen molar-refractivity contribution in [2.75, 3.05) is 37.4 Å². The van der Waals surface area contributed by atoms with Gasteiger partial charge in [0.15, 0.2) is 5.75 Å². The van der Waals surface area contributed by atoms with Gasteiger partial charge in [-0.25, -0.2) is 18.4 Å². The van der Waals surface area contributed by atoms with E-state index in [1.807, 2.05) is 26.0 Å². The first-order valence-electron chi connectivity index (χ1n) is 17.6. The second-order valence-corrected chi connectivity index (χ2v) is 15.7. The number of nitrogens with one attached hydrogen (secondary N) is 2. The van der Waals surface area contributed by atoms with Gasteiger partial charge in [-0.3, -0.25) is 34.1 Å². The summed E-state index contributed by atoms with van der Waals surface area (Å²) in [5.74, 6) is -1.28. The molecule has 4 amide bonds. The smallest absolute Gasteiger partial charge is 0.262 e. The first kappa shape index (κ1) is 40.6. The highest BCUT2D eigenvalue weighted by Gasteiger charge is 2.44. The Morgan fingerprint density at radius 3 is 2.32 bits per heavy atom. The van der Waals surface area contributed by atoms with E-state index in [2.05, 4.69) is 26.1 Å². The molecule has 0 spiro atoms. The highest BCUT2D eigenvalue weighted by atomic mass is 35.5. The lowest BCUT2D eigenvalue weighted by atomic mass is 9.77. The maximum Gasteiger partial charge on any atom is 0.262 e. The Hall–Kier alpha value is -6.09. The fourth-order valence-electron chi connectivity index (χ4n) is 6.23. The maximum atomic E-state index is 13.1. The molecule has 0 saturated carbocycles. The average molecular weight is 817 g/mol. The van der Waals surface area contributed by atoms with E-state index in [0.29, 0.717) is 17.2 Å². The highest BCUT2D eigenvalue weighted by Crippen LogP contribution is 2.39. The lowest BCUT2D eigenvalue weighted by Gasteiger charge is -2.27. The van der Waals surface area contributed by atoms with Crippen LogP contribution in [0.5, 0.6) is 17.2 Å². The molecule has 0 radical (unpaired) electrons. The SMILES string of the molecule is CC(C)(c1ccc(OCc2ccnc(NS(C)(=O)=O)n2)cc1)c1cc(Cl)c(OCCOCCOc2ccc3c(c2)C(=O)N(C2CCC(=O)NC2=O)C3=O)c(C#N)c1. The molecule has 3 heterocycles. The third-order valence-corrected chi connectivity index (χ3v) is 10.1. The number of sulfonamides is 1. The number of rotatable bonds is 16. The van der Waals surface area contributed by atoms with E-state index in [1.165, 1.54) is 18.3 Å². The van der Waals surface area contributed by atoms with Crippen molar-refractivity contribution >= 4 is 51.2 Å².